The van der Waals surface area contributed by atoms with Crippen LogP contribution in [-0.2, 0) is 0 Å². The Bertz CT molecular complexity index is 1200. The number of rotatable bonds is 4. The predicted molar refractivity (Wildman–Crippen MR) is 120 cm³/mol. The molecular weight excluding hydrogens is 366 g/mol. The van der Waals surface area contributed by atoms with Crippen LogP contribution < -0.4 is 16.8 Å². The minimum atomic E-state index is -0.0830. The van der Waals surface area contributed by atoms with Gasteiger partial charge in [-0.25, -0.2) is 0 Å². The molecule has 0 saturated heterocycles. The molecule has 8 nitrogen and oxygen atoms in total. The van der Waals surface area contributed by atoms with E-state index < -0.39 is 0 Å². The number of benzene rings is 2. The number of guanidine groups is 1. The summed E-state index contributed by atoms with van der Waals surface area (Å²) in [5.41, 5.74) is 15.8. The van der Waals surface area contributed by atoms with E-state index >= 15 is 0 Å². The molecular formula is C21H23N7O. The molecule has 0 bridgehead atoms. The van der Waals surface area contributed by atoms with E-state index in [9.17, 15) is 4.79 Å². The summed E-state index contributed by atoms with van der Waals surface area (Å²) in [5, 5.41) is 12.8. The van der Waals surface area contributed by atoms with Crippen LogP contribution in [0, 0.1) is 0 Å². The number of aromatic nitrogens is 2. The van der Waals surface area contributed by atoms with Crippen LogP contribution in [0.1, 0.15) is 23.0 Å². The van der Waals surface area contributed by atoms with Crippen LogP contribution in [0.15, 0.2) is 64.9 Å². The van der Waals surface area contributed by atoms with Crippen LogP contribution in [0.2, 0.25) is 0 Å². The van der Waals surface area contributed by atoms with E-state index in [2.05, 4.69) is 49.8 Å². The lowest BCUT2D eigenvalue weighted by Crippen LogP contribution is -2.22. The molecule has 0 amide bonds. The third-order valence-corrected chi connectivity index (χ3v) is 4.34. The third-order valence-electron chi connectivity index (χ3n) is 4.34. The smallest absolute Gasteiger partial charge is 0.211 e. The summed E-state index contributed by atoms with van der Waals surface area (Å²) in [6.45, 7) is 1.81. The average molecular weight is 389 g/mol. The summed E-state index contributed by atoms with van der Waals surface area (Å²) >= 11 is 0. The minimum absolute atomic E-state index is 0.0830. The van der Waals surface area contributed by atoms with Crippen LogP contribution >= 0.6 is 0 Å². The molecule has 4 rings (SSSR count). The lowest BCUT2D eigenvalue weighted by molar-refractivity contribution is 0.112. The van der Waals surface area contributed by atoms with Gasteiger partial charge in [0.05, 0.1) is 11.4 Å². The van der Waals surface area contributed by atoms with Gasteiger partial charge in [0.15, 0.2) is 6.29 Å². The maximum atomic E-state index is 10.7. The number of hydrogen-bond donors (Lipinski definition) is 5. The number of nitrogens with one attached hydrogen (secondary N) is 3. The molecule has 8 heteroatoms. The Kier molecular flexibility index (Phi) is 5.94. The number of hydrogen-bond acceptors (Lipinski definition) is 4. The fraction of sp³-hybridized carbons (Fsp3) is 0.0952. The number of aldehydes is 1. The number of aromatic amines is 2. The van der Waals surface area contributed by atoms with Crippen molar-refractivity contribution in [1.29, 1.82) is 0 Å². The normalized spacial score (nSPS) is 11.0. The highest BCUT2D eigenvalue weighted by molar-refractivity contribution is 6.02. The topological polar surface area (TPSA) is 137 Å². The van der Waals surface area contributed by atoms with E-state index in [0.29, 0.717) is 11.4 Å². The molecule has 2 aromatic carbocycles. The van der Waals surface area contributed by atoms with Crippen molar-refractivity contribution in [3.05, 3.63) is 66.0 Å². The zero-order valence-electron chi connectivity index (χ0n) is 16.2. The summed E-state index contributed by atoms with van der Waals surface area (Å²) in [4.78, 5) is 16.8. The number of nitrogens with zero attached hydrogens (tertiary/aromatic N) is 2. The summed E-state index contributed by atoms with van der Waals surface area (Å²) in [6.07, 6.45) is 2.73. The Morgan fingerprint density at radius 2 is 1.79 bits per heavy atom. The van der Waals surface area contributed by atoms with Crippen molar-refractivity contribution in [3.63, 3.8) is 0 Å². The quantitative estimate of drug-likeness (QED) is 0.158. The maximum Gasteiger partial charge on any atom is 0.211 e. The van der Waals surface area contributed by atoms with E-state index in [1.165, 1.54) is 10.9 Å². The van der Waals surface area contributed by atoms with E-state index in [0.717, 1.165) is 28.4 Å². The molecule has 0 aliphatic carbocycles. The first-order chi connectivity index (χ1) is 14.0. The number of fused-ring (bicyclic) bond motifs is 2. The van der Waals surface area contributed by atoms with Crippen molar-refractivity contribution in [2.24, 2.45) is 21.7 Å². The number of H-pyrrole nitrogens is 2. The van der Waals surface area contributed by atoms with Gasteiger partial charge in [-0.1, -0.05) is 6.07 Å². The van der Waals surface area contributed by atoms with Gasteiger partial charge in [-0.2, -0.15) is 5.10 Å². The van der Waals surface area contributed by atoms with Crippen LogP contribution in [0.5, 0.6) is 0 Å². The number of nitrogens with two attached hydrogens (primary N) is 2. The lowest BCUT2D eigenvalue weighted by atomic mass is 10.1. The van der Waals surface area contributed by atoms with Crippen molar-refractivity contribution in [2.75, 3.05) is 12.4 Å². The largest absolute Gasteiger partial charge is 0.388 e. The molecule has 0 spiro atoms. The monoisotopic (exact) mass is 389 g/mol. The molecule has 0 saturated carbocycles. The van der Waals surface area contributed by atoms with Crippen LogP contribution in [0.3, 0.4) is 0 Å². The maximum absolute atomic E-state index is 10.7. The molecule has 0 aliphatic rings. The van der Waals surface area contributed by atoms with Crippen LogP contribution in [0.4, 0.5) is 5.69 Å². The predicted octanol–water partition coefficient (Wildman–Crippen LogP) is 3.19. The van der Waals surface area contributed by atoms with Gasteiger partial charge in [-0.3, -0.25) is 4.79 Å². The van der Waals surface area contributed by atoms with Crippen molar-refractivity contribution >= 4 is 45.5 Å². The van der Waals surface area contributed by atoms with Crippen molar-refractivity contribution in [3.8, 4) is 0 Å². The fourth-order valence-corrected chi connectivity index (χ4v) is 2.84. The first kappa shape index (κ1) is 19.7. The van der Waals surface area contributed by atoms with Gasteiger partial charge >= 0.3 is 0 Å². The molecule has 29 heavy (non-hydrogen) atoms. The Labute approximate surface area is 167 Å². The van der Waals surface area contributed by atoms with Gasteiger partial charge in [0.2, 0.25) is 5.96 Å². The molecule has 2 aromatic heterocycles. The molecule has 7 N–H and O–H groups in total. The molecule has 4 aromatic rings. The summed E-state index contributed by atoms with van der Waals surface area (Å²) in [6, 6.07) is 15.8. The van der Waals surface area contributed by atoms with Crippen molar-refractivity contribution in [2.45, 2.75) is 6.92 Å². The number of carbonyl (C=O) groups is 1. The zero-order valence-corrected chi connectivity index (χ0v) is 16.2. The highest BCUT2D eigenvalue weighted by Crippen LogP contribution is 2.18. The second kappa shape index (κ2) is 8.75. The van der Waals surface area contributed by atoms with Gasteiger partial charge < -0.3 is 26.8 Å². The standard InChI is InChI=1S/C12H13N5O.C9H10N2/c1-7(16-17-12(13)14)8-2-3-11-9(4-8)5-10(6-18)15-11;1-10-8-2-3-9-7(6-8)4-5-11-9/h2-6,15H,1H3,(H4,13,14,17);2-6,10-11H,1H3/b16-7+;. The Hall–Kier alpha value is -4.07. The van der Waals surface area contributed by atoms with E-state index in [1.807, 2.05) is 31.4 Å². The Morgan fingerprint density at radius 1 is 1.00 bits per heavy atom. The Morgan fingerprint density at radius 3 is 2.52 bits per heavy atom. The van der Waals surface area contributed by atoms with Gasteiger partial charge in [0.1, 0.15) is 0 Å². The summed E-state index contributed by atoms with van der Waals surface area (Å²) < 4.78 is 0. The molecule has 0 fully saturated rings. The van der Waals surface area contributed by atoms with Gasteiger partial charge in [0.25, 0.3) is 0 Å². The molecule has 0 unspecified atom stereocenters. The summed E-state index contributed by atoms with van der Waals surface area (Å²) in [7, 11) is 1.92. The van der Waals surface area contributed by atoms with Crippen LogP contribution in [-0.4, -0.2) is 35.0 Å². The van der Waals surface area contributed by atoms with Gasteiger partial charge in [0, 0.05) is 40.7 Å². The SMILES string of the molecule is C/C(=N\N=C(N)N)c1ccc2[nH]c(C=O)cc2c1.CNc1ccc2[nH]ccc2c1. The van der Waals surface area contributed by atoms with Crippen molar-refractivity contribution < 1.29 is 4.79 Å². The molecule has 0 radical (unpaired) electrons. The molecule has 0 aliphatic heterocycles. The highest BCUT2D eigenvalue weighted by atomic mass is 16.1. The van der Waals surface area contributed by atoms with Crippen molar-refractivity contribution in [1.82, 2.24) is 9.97 Å². The lowest BCUT2D eigenvalue weighted by Gasteiger charge is -1.99. The van der Waals surface area contributed by atoms with E-state index in [4.69, 9.17) is 11.5 Å². The Balaban J connectivity index is 0.000000186. The summed E-state index contributed by atoms with van der Waals surface area (Å²) in [5.74, 6) is -0.0830. The first-order valence-electron chi connectivity index (χ1n) is 8.96. The molecule has 148 valence electrons. The number of anilines is 1. The van der Waals surface area contributed by atoms with E-state index in [1.54, 1.807) is 13.0 Å². The van der Waals surface area contributed by atoms with Gasteiger partial charge in [-0.05, 0) is 55.0 Å². The first-order valence-corrected chi connectivity index (χ1v) is 8.96. The van der Waals surface area contributed by atoms with Gasteiger partial charge in [-0.15, -0.1) is 5.10 Å². The zero-order chi connectivity index (χ0) is 20.8. The number of carbonyl (C=O) groups excluding carboxylic acids is 1. The minimum Gasteiger partial charge on any atom is -0.388 e. The van der Waals surface area contributed by atoms with E-state index in [-0.39, 0.29) is 5.96 Å². The third kappa shape index (κ3) is 4.81. The highest BCUT2D eigenvalue weighted by Gasteiger charge is 2.03. The molecule has 0 atom stereocenters. The second-order valence-electron chi connectivity index (χ2n) is 6.38. The average Bonchev–Trinajstić information content (AvgIpc) is 3.37. The van der Waals surface area contributed by atoms with Crippen LogP contribution in [0.25, 0.3) is 21.8 Å². The molecule has 2 heterocycles. The fourth-order valence-electron chi connectivity index (χ4n) is 2.84. The second-order valence-corrected chi connectivity index (χ2v) is 6.38.